The van der Waals surface area contributed by atoms with E-state index in [9.17, 15) is 9.59 Å². The van der Waals surface area contributed by atoms with Gasteiger partial charge in [-0.05, 0) is 47.9 Å². The maximum atomic E-state index is 11.8. The number of ether oxygens (including phenoxy) is 1. The normalized spacial score (nSPS) is 16.4. The summed E-state index contributed by atoms with van der Waals surface area (Å²) in [4.78, 5) is 27.0. The summed E-state index contributed by atoms with van der Waals surface area (Å²) in [7, 11) is 0. The standard InChI is InChI=1S/C13H10BrNO3S2/c1-7(16)18-9-3-4-10(14)8(5-9)6-11-12(17)20-13(15-11)19-2/h3-6H,1-2H3/b11-6+. The molecule has 7 heteroatoms. The molecule has 0 saturated heterocycles. The maximum Gasteiger partial charge on any atom is 0.308 e. The second-order valence-corrected chi connectivity index (χ2v) is 6.65. The summed E-state index contributed by atoms with van der Waals surface area (Å²) in [6.07, 6.45) is 3.55. The van der Waals surface area contributed by atoms with Crippen molar-refractivity contribution in [3.05, 3.63) is 33.9 Å². The Kier molecular flexibility index (Phi) is 5.06. The fourth-order valence-electron chi connectivity index (χ4n) is 1.49. The highest BCUT2D eigenvalue weighted by atomic mass is 79.9. The Labute approximate surface area is 133 Å². The summed E-state index contributed by atoms with van der Waals surface area (Å²) in [5, 5.41) is -0.0841. The molecule has 1 aliphatic heterocycles. The van der Waals surface area contributed by atoms with Gasteiger partial charge in [-0.2, -0.15) is 0 Å². The van der Waals surface area contributed by atoms with Gasteiger partial charge in [0, 0.05) is 11.4 Å². The Morgan fingerprint density at radius 1 is 1.50 bits per heavy atom. The van der Waals surface area contributed by atoms with Crippen LogP contribution < -0.4 is 4.74 Å². The number of aliphatic imine (C=N–C) groups is 1. The van der Waals surface area contributed by atoms with E-state index < -0.39 is 0 Å². The Morgan fingerprint density at radius 2 is 2.25 bits per heavy atom. The third kappa shape index (κ3) is 3.74. The monoisotopic (exact) mass is 371 g/mol. The van der Waals surface area contributed by atoms with E-state index in [-0.39, 0.29) is 11.1 Å². The first kappa shape index (κ1) is 15.3. The SMILES string of the molecule is CSC1=N/C(=C/c2cc(OC(C)=O)ccc2Br)C(=O)S1. The van der Waals surface area contributed by atoms with Gasteiger partial charge < -0.3 is 4.74 Å². The second-order valence-electron chi connectivity index (χ2n) is 3.78. The number of thioether (sulfide) groups is 2. The number of benzene rings is 1. The van der Waals surface area contributed by atoms with E-state index in [4.69, 9.17) is 4.74 Å². The minimum atomic E-state index is -0.388. The van der Waals surface area contributed by atoms with Gasteiger partial charge in [0.05, 0.1) is 0 Å². The Balaban J connectivity index is 2.35. The predicted octanol–water partition coefficient (Wildman–Crippen LogP) is 3.71. The molecule has 0 unspecified atom stereocenters. The molecule has 0 radical (unpaired) electrons. The lowest BCUT2D eigenvalue weighted by Crippen LogP contribution is -2.01. The van der Waals surface area contributed by atoms with Gasteiger partial charge in [-0.25, -0.2) is 4.99 Å². The molecule has 104 valence electrons. The van der Waals surface area contributed by atoms with Crippen LogP contribution in [0.2, 0.25) is 0 Å². The summed E-state index contributed by atoms with van der Waals surface area (Å²) in [6.45, 7) is 1.34. The molecule has 1 heterocycles. The number of hydrogen-bond acceptors (Lipinski definition) is 6. The summed E-state index contributed by atoms with van der Waals surface area (Å²) < 4.78 is 6.55. The van der Waals surface area contributed by atoms with Crippen molar-refractivity contribution in [2.45, 2.75) is 6.92 Å². The van der Waals surface area contributed by atoms with Crippen molar-refractivity contribution in [1.82, 2.24) is 0 Å². The summed E-state index contributed by atoms with van der Waals surface area (Å²) in [5.74, 6) is 0.0424. The second kappa shape index (κ2) is 6.60. The van der Waals surface area contributed by atoms with Crippen LogP contribution in [0.3, 0.4) is 0 Å². The van der Waals surface area contributed by atoms with Crippen LogP contribution >= 0.6 is 39.5 Å². The van der Waals surface area contributed by atoms with Crippen LogP contribution in [-0.4, -0.2) is 21.7 Å². The number of nitrogens with zero attached hydrogens (tertiary/aromatic N) is 1. The van der Waals surface area contributed by atoms with E-state index >= 15 is 0 Å². The van der Waals surface area contributed by atoms with Crippen LogP contribution in [0.5, 0.6) is 5.75 Å². The largest absolute Gasteiger partial charge is 0.427 e. The van der Waals surface area contributed by atoms with Gasteiger partial charge in [0.15, 0.2) is 0 Å². The molecule has 2 rings (SSSR count). The van der Waals surface area contributed by atoms with Gasteiger partial charge >= 0.3 is 5.97 Å². The molecule has 0 spiro atoms. The quantitative estimate of drug-likeness (QED) is 0.450. The fourth-order valence-corrected chi connectivity index (χ4v) is 3.11. The highest BCUT2D eigenvalue weighted by Crippen LogP contribution is 2.32. The summed E-state index contributed by atoms with van der Waals surface area (Å²) in [5.41, 5.74) is 1.12. The van der Waals surface area contributed by atoms with Gasteiger partial charge in [0.25, 0.3) is 0 Å². The molecule has 0 fully saturated rings. The first-order valence-corrected chi connectivity index (χ1v) is 8.37. The molecule has 1 aliphatic rings. The molecule has 0 atom stereocenters. The van der Waals surface area contributed by atoms with E-state index in [1.807, 2.05) is 6.26 Å². The summed E-state index contributed by atoms with van der Waals surface area (Å²) in [6, 6.07) is 5.12. The molecular formula is C13H10BrNO3S2. The average Bonchev–Trinajstić information content (AvgIpc) is 2.74. The van der Waals surface area contributed by atoms with E-state index in [0.717, 1.165) is 26.2 Å². The molecule has 0 aliphatic carbocycles. The topological polar surface area (TPSA) is 55.7 Å². The number of hydrogen-bond donors (Lipinski definition) is 0. The molecule has 4 nitrogen and oxygen atoms in total. The highest BCUT2D eigenvalue weighted by molar-refractivity contribution is 9.10. The van der Waals surface area contributed by atoms with Crippen molar-refractivity contribution in [3.8, 4) is 5.75 Å². The van der Waals surface area contributed by atoms with E-state index in [0.29, 0.717) is 11.4 Å². The lowest BCUT2D eigenvalue weighted by atomic mass is 10.2. The van der Waals surface area contributed by atoms with E-state index in [1.165, 1.54) is 18.7 Å². The lowest BCUT2D eigenvalue weighted by molar-refractivity contribution is -0.131. The molecule has 0 bridgehead atoms. The molecular weight excluding hydrogens is 362 g/mol. The van der Waals surface area contributed by atoms with Crippen molar-refractivity contribution >= 4 is 61.0 Å². The lowest BCUT2D eigenvalue weighted by Gasteiger charge is -2.04. The molecule has 0 saturated carbocycles. The van der Waals surface area contributed by atoms with Crippen molar-refractivity contribution in [2.75, 3.05) is 6.26 Å². The van der Waals surface area contributed by atoms with Crippen LogP contribution in [0.25, 0.3) is 6.08 Å². The predicted molar refractivity (Wildman–Crippen MR) is 87.0 cm³/mol. The van der Waals surface area contributed by atoms with Crippen LogP contribution in [0.15, 0.2) is 33.4 Å². The number of rotatable bonds is 2. The zero-order chi connectivity index (χ0) is 14.7. The van der Waals surface area contributed by atoms with Crippen LogP contribution in [0, 0.1) is 0 Å². The first-order valence-electron chi connectivity index (χ1n) is 5.54. The van der Waals surface area contributed by atoms with E-state index in [2.05, 4.69) is 20.9 Å². The average molecular weight is 372 g/mol. The van der Waals surface area contributed by atoms with Gasteiger partial charge in [0.2, 0.25) is 5.12 Å². The Morgan fingerprint density at radius 3 is 2.85 bits per heavy atom. The smallest absolute Gasteiger partial charge is 0.308 e. The van der Waals surface area contributed by atoms with Crippen molar-refractivity contribution in [3.63, 3.8) is 0 Å². The minimum Gasteiger partial charge on any atom is -0.427 e. The zero-order valence-corrected chi connectivity index (χ0v) is 13.9. The van der Waals surface area contributed by atoms with Gasteiger partial charge in [-0.1, -0.05) is 15.9 Å². The number of carbonyl (C=O) groups excluding carboxylic acids is 2. The van der Waals surface area contributed by atoms with E-state index in [1.54, 1.807) is 24.3 Å². The third-order valence-corrected chi connectivity index (χ3v) is 4.87. The number of halogens is 1. The fraction of sp³-hybridized carbons (Fsp3) is 0.154. The minimum absolute atomic E-state index is 0.0841. The van der Waals surface area contributed by atoms with Crippen LogP contribution in [0.4, 0.5) is 0 Å². The van der Waals surface area contributed by atoms with Crippen LogP contribution in [-0.2, 0) is 9.59 Å². The number of esters is 1. The third-order valence-electron chi connectivity index (χ3n) is 2.30. The molecule has 0 N–H and O–H groups in total. The molecule has 1 aromatic rings. The van der Waals surface area contributed by atoms with Gasteiger partial charge in [-0.3, -0.25) is 9.59 Å². The molecule has 0 aromatic heterocycles. The van der Waals surface area contributed by atoms with Crippen molar-refractivity contribution in [1.29, 1.82) is 0 Å². The molecule has 1 aromatic carbocycles. The Hall–Kier alpha value is -1.05. The van der Waals surface area contributed by atoms with Gasteiger partial charge in [-0.15, -0.1) is 11.8 Å². The van der Waals surface area contributed by atoms with Crippen LogP contribution in [0.1, 0.15) is 12.5 Å². The highest BCUT2D eigenvalue weighted by Gasteiger charge is 2.21. The van der Waals surface area contributed by atoms with Crippen molar-refractivity contribution < 1.29 is 14.3 Å². The first-order chi connectivity index (χ1) is 9.49. The van der Waals surface area contributed by atoms with Gasteiger partial charge in [0.1, 0.15) is 15.8 Å². The maximum absolute atomic E-state index is 11.8. The number of carbonyl (C=O) groups is 2. The zero-order valence-electron chi connectivity index (χ0n) is 10.7. The molecule has 20 heavy (non-hydrogen) atoms. The Bertz CT molecular complexity index is 641. The van der Waals surface area contributed by atoms with Crippen molar-refractivity contribution in [2.24, 2.45) is 4.99 Å². The molecule has 0 amide bonds. The summed E-state index contributed by atoms with van der Waals surface area (Å²) >= 11 is 5.95.